The molecule has 1 aromatic carbocycles. The van der Waals surface area contributed by atoms with Gasteiger partial charge in [0, 0.05) is 12.1 Å². The van der Waals surface area contributed by atoms with Crippen molar-refractivity contribution >= 4 is 11.9 Å². The minimum absolute atomic E-state index is 0.00388. The van der Waals surface area contributed by atoms with E-state index in [-0.39, 0.29) is 42.2 Å². The van der Waals surface area contributed by atoms with E-state index in [1.54, 1.807) is 12.1 Å². The first kappa shape index (κ1) is 22.0. The van der Waals surface area contributed by atoms with Gasteiger partial charge in [0.15, 0.2) is 0 Å². The third-order valence-corrected chi connectivity index (χ3v) is 7.71. The lowest BCUT2D eigenvalue weighted by Crippen LogP contribution is -2.59. The predicted molar refractivity (Wildman–Crippen MR) is 118 cm³/mol. The van der Waals surface area contributed by atoms with Gasteiger partial charge < -0.3 is 9.84 Å². The SMILES string of the molecule is C[C@@H]1CCC[C@H](C)C12NC(=O)N(CN1CCC[C@@H](c3nc(-c4cccc(F)c4)no3)C1)C2=O. The second-order valence-corrected chi connectivity index (χ2v) is 9.79. The van der Waals surface area contributed by atoms with Crippen molar-refractivity contribution in [2.45, 2.75) is 57.4 Å². The summed E-state index contributed by atoms with van der Waals surface area (Å²) in [5.74, 6) is 0.653. The van der Waals surface area contributed by atoms with Crippen LogP contribution in [0.2, 0.25) is 0 Å². The molecule has 2 aliphatic heterocycles. The fourth-order valence-corrected chi connectivity index (χ4v) is 5.81. The molecule has 3 heterocycles. The molecule has 1 unspecified atom stereocenters. The minimum atomic E-state index is -0.781. The average Bonchev–Trinajstić information content (AvgIpc) is 3.38. The van der Waals surface area contributed by atoms with Crippen molar-refractivity contribution < 1.29 is 18.5 Å². The molecule has 1 N–H and O–H groups in total. The van der Waals surface area contributed by atoms with Gasteiger partial charge in [-0.3, -0.25) is 9.69 Å². The second-order valence-electron chi connectivity index (χ2n) is 9.79. The second kappa shape index (κ2) is 8.52. The Morgan fingerprint density at radius 2 is 1.97 bits per heavy atom. The molecular weight excluding hydrogens is 425 g/mol. The summed E-state index contributed by atoms with van der Waals surface area (Å²) in [4.78, 5) is 34.3. The Balaban J connectivity index is 1.28. The Morgan fingerprint density at radius 1 is 1.18 bits per heavy atom. The van der Waals surface area contributed by atoms with Gasteiger partial charge in [-0.1, -0.05) is 37.6 Å². The van der Waals surface area contributed by atoms with E-state index in [9.17, 15) is 14.0 Å². The number of carbonyl (C=O) groups is 2. The summed E-state index contributed by atoms with van der Waals surface area (Å²) in [7, 11) is 0. The highest BCUT2D eigenvalue weighted by atomic mass is 19.1. The Morgan fingerprint density at radius 3 is 2.73 bits per heavy atom. The van der Waals surface area contributed by atoms with Gasteiger partial charge in [0.2, 0.25) is 11.7 Å². The zero-order valence-corrected chi connectivity index (χ0v) is 19.1. The number of aromatic nitrogens is 2. The van der Waals surface area contributed by atoms with E-state index in [0.29, 0.717) is 23.8 Å². The smallest absolute Gasteiger partial charge is 0.326 e. The van der Waals surface area contributed by atoms with Crippen LogP contribution in [0.5, 0.6) is 0 Å². The van der Waals surface area contributed by atoms with E-state index >= 15 is 0 Å². The molecule has 1 saturated carbocycles. The average molecular weight is 456 g/mol. The first-order valence-corrected chi connectivity index (χ1v) is 11.8. The summed E-state index contributed by atoms with van der Waals surface area (Å²) in [5, 5.41) is 7.10. The Hall–Kier alpha value is -2.81. The lowest BCUT2D eigenvalue weighted by molar-refractivity contribution is -0.138. The Labute approximate surface area is 192 Å². The highest BCUT2D eigenvalue weighted by molar-refractivity contribution is 6.07. The minimum Gasteiger partial charge on any atom is -0.339 e. The number of nitrogens with zero attached hydrogens (tertiary/aromatic N) is 4. The number of imide groups is 1. The van der Waals surface area contributed by atoms with Crippen LogP contribution in [0.15, 0.2) is 28.8 Å². The molecule has 3 aliphatic rings. The zero-order chi connectivity index (χ0) is 23.2. The van der Waals surface area contributed by atoms with E-state index in [1.807, 2.05) is 0 Å². The molecule has 1 aromatic heterocycles. The number of hydrogen-bond donors (Lipinski definition) is 1. The number of likely N-dealkylation sites (tertiary alicyclic amines) is 1. The van der Waals surface area contributed by atoms with E-state index in [1.165, 1.54) is 17.0 Å². The van der Waals surface area contributed by atoms with Crippen LogP contribution in [0.25, 0.3) is 11.4 Å². The van der Waals surface area contributed by atoms with E-state index in [4.69, 9.17) is 4.52 Å². The lowest BCUT2D eigenvalue weighted by atomic mass is 9.67. The third-order valence-electron chi connectivity index (χ3n) is 7.71. The van der Waals surface area contributed by atoms with Crippen molar-refractivity contribution in [3.63, 3.8) is 0 Å². The molecule has 5 rings (SSSR count). The van der Waals surface area contributed by atoms with Gasteiger partial charge in [0.25, 0.3) is 5.91 Å². The number of nitrogens with one attached hydrogen (secondary N) is 1. The van der Waals surface area contributed by atoms with Crippen molar-refractivity contribution in [1.29, 1.82) is 0 Å². The molecule has 9 heteroatoms. The van der Waals surface area contributed by atoms with Crippen LogP contribution in [-0.2, 0) is 4.79 Å². The molecule has 0 bridgehead atoms. The molecule has 33 heavy (non-hydrogen) atoms. The van der Waals surface area contributed by atoms with Crippen LogP contribution in [0, 0.1) is 17.7 Å². The normalized spacial score (nSPS) is 30.8. The van der Waals surface area contributed by atoms with Crippen molar-refractivity contribution in [1.82, 2.24) is 25.3 Å². The quantitative estimate of drug-likeness (QED) is 0.706. The van der Waals surface area contributed by atoms with Crippen LogP contribution in [0.4, 0.5) is 9.18 Å². The van der Waals surface area contributed by atoms with Gasteiger partial charge in [0.05, 0.1) is 12.6 Å². The van der Waals surface area contributed by atoms with Gasteiger partial charge in [-0.2, -0.15) is 4.98 Å². The molecule has 8 nitrogen and oxygen atoms in total. The maximum Gasteiger partial charge on any atom is 0.326 e. The fourth-order valence-electron chi connectivity index (χ4n) is 5.81. The maximum atomic E-state index is 13.5. The molecule has 2 aromatic rings. The number of piperidine rings is 1. The number of urea groups is 1. The van der Waals surface area contributed by atoms with Crippen LogP contribution in [-0.4, -0.2) is 57.2 Å². The Kier molecular flexibility index (Phi) is 5.68. The summed E-state index contributed by atoms with van der Waals surface area (Å²) in [6.07, 6.45) is 4.74. The molecule has 176 valence electrons. The third kappa shape index (κ3) is 3.82. The maximum absolute atomic E-state index is 13.5. The van der Waals surface area contributed by atoms with Crippen LogP contribution >= 0.6 is 0 Å². The Bertz CT molecular complexity index is 1050. The standard InChI is InChI=1S/C24H30FN5O3/c1-15-6-3-7-16(2)24(15)22(31)30(23(32)27-24)14-29-11-5-9-18(13-29)21-26-20(28-33-21)17-8-4-10-19(25)12-17/h4,8,10,12,15-16,18H,3,5-7,9,11,13-14H2,1-2H3,(H,27,32)/t15-,16+,18-,24?/m1/s1. The highest BCUT2D eigenvalue weighted by Gasteiger charge is 2.58. The summed E-state index contributed by atoms with van der Waals surface area (Å²) in [6.45, 7) is 5.80. The molecule has 3 fully saturated rings. The summed E-state index contributed by atoms with van der Waals surface area (Å²) < 4.78 is 19.1. The van der Waals surface area contributed by atoms with Crippen LogP contribution in [0.3, 0.4) is 0 Å². The number of rotatable bonds is 4. The van der Waals surface area contributed by atoms with Gasteiger partial charge in [-0.05, 0) is 56.2 Å². The van der Waals surface area contributed by atoms with E-state index in [0.717, 1.165) is 38.6 Å². The highest BCUT2D eigenvalue weighted by Crippen LogP contribution is 2.42. The van der Waals surface area contributed by atoms with Crippen molar-refractivity contribution in [2.75, 3.05) is 19.8 Å². The van der Waals surface area contributed by atoms with Gasteiger partial charge in [0.1, 0.15) is 11.4 Å². The zero-order valence-electron chi connectivity index (χ0n) is 19.1. The van der Waals surface area contributed by atoms with Crippen LogP contribution < -0.4 is 5.32 Å². The van der Waals surface area contributed by atoms with Gasteiger partial charge in [-0.25, -0.2) is 14.1 Å². The molecule has 4 atom stereocenters. The van der Waals surface area contributed by atoms with Gasteiger partial charge in [-0.15, -0.1) is 0 Å². The van der Waals surface area contributed by atoms with Crippen molar-refractivity contribution in [2.24, 2.45) is 11.8 Å². The first-order valence-electron chi connectivity index (χ1n) is 11.8. The largest absolute Gasteiger partial charge is 0.339 e. The summed E-state index contributed by atoms with van der Waals surface area (Å²) in [6, 6.07) is 5.81. The number of halogens is 1. The molecule has 0 radical (unpaired) electrons. The predicted octanol–water partition coefficient (Wildman–Crippen LogP) is 3.76. The topological polar surface area (TPSA) is 91.6 Å². The van der Waals surface area contributed by atoms with Crippen molar-refractivity contribution in [3.8, 4) is 11.4 Å². The van der Waals surface area contributed by atoms with Crippen molar-refractivity contribution in [3.05, 3.63) is 36.0 Å². The lowest BCUT2D eigenvalue weighted by Gasteiger charge is -2.42. The summed E-state index contributed by atoms with van der Waals surface area (Å²) in [5.41, 5.74) is -0.213. The number of hydrogen-bond acceptors (Lipinski definition) is 6. The summed E-state index contributed by atoms with van der Waals surface area (Å²) >= 11 is 0. The van der Waals surface area contributed by atoms with Crippen LogP contribution in [0.1, 0.15) is 57.8 Å². The first-order chi connectivity index (χ1) is 15.9. The molecule has 3 amide bonds. The fraction of sp³-hybridized carbons (Fsp3) is 0.583. The number of benzene rings is 1. The van der Waals surface area contributed by atoms with E-state index in [2.05, 4.69) is 34.2 Å². The monoisotopic (exact) mass is 455 g/mol. The molecule has 1 aliphatic carbocycles. The molecule has 2 saturated heterocycles. The number of amides is 3. The molecule has 1 spiro atoms. The molecular formula is C24H30FN5O3. The van der Waals surface area contributed by atoms with E-state index < -0.39 is 5.54 Å². The van der Waals surface area contributed by atoms with Gasteiger partial charge >= 0.3 is 6.03 Å². The number of carbonyl (C=O) groups excluding carboxylic acids is 2.